The van der Waals surface area contributed by atoms with Crippen LogP contribution in [-0.2, 0) is 0 Å². The SMILES string of the molecule is CC(=N)CCCCOc1cc(C(N)=O)ccc1NC(=O)c1ccc([N+](=O)[O-])c(OCCCCC(=N)N)c1. The van der Waals surface area contributed by atoms with Gasteiger partial charge < -0.3 is 31.7 Å². The molecule has 2 rings (SSSR count). The van der Waals surface area contributed by atoms with E-state index in [1.54, 1.807) is 6.92 Å². The van der Waals surface area contributed by atoms with Crippen LogP contribution in [0.15, 0.2) is 36.4 Å². The first-order valence-corrected chi connectivity index (χ1v) is 11.7. The summed E-state index contributed by atoms with van der Waals surface area (Å²) in [6.45, 7) is 2.19. The Hall–Kier alpha value is -4.48. The van der Waals surface area contributed by atoms with Gasteiger partial charge in [0.1, 0.15) is 5.75 Å². The van der Waals surface area contributed by atoms with Gasteiger partial charge in [-0.25, -0.2) is 0 Å². The van der Waals surface area contributed by atoms with Crippen LogP contribution in [0.3, 0.4) is 0 Å². The highest BCUT2D eigenvalue weighted by Gasteiger charge is 2.19. The number of hydrogen-bond acceptors (Lipinski definition) is 8. The third-order valence-corrected chi connectivity index (χ3v) is 5.23. The van der Waals surface area contributed by atoms with Crippen molar-refractivity contribution in [1.29, 1.82) is 10.8 Å². The molecule has 0 fully saturated rings. The average Bonchev–Trinajstić information content (AvgIpc) is 2.83. The minimum absolute atomic E-state index is 0.0532. The molecule has 0 unspecified atom stereocenters. The van der Waals surface area contributed by atoms with Crippen LogP contribution in [0.5, 0.6) is 11.5 Å². The zero-order valence-electron chi connectivity index (χ0n) is 20.7. The lowest BCUT2D eigenvalue weighted by Gasteiger charge is -2.14. The molecule has 0 aliphatic heterocycles. The van der Waals surface area contributed by atoms with E-state index in [4.69, 9.17) is 31.8 Å². The lowest BCUT2D eigenvalue weighted by Crippen LogP contribution is -2.15. The molecule has 0 saturated heterocycles. The van der Waals surface area contributed by atoms with E-state index in [0.29, 0.717) is 50.1 Å². The van der Waals surface area contributed by atoms with E-state index in [1.165, 1.54) is 36.4 Å². The maximum absolute atomic E-state index is 13.0. The minimum Gasteiger partial charge on any atom is -0.491 e. The zero-order chi connectivity index (χ0) is 27.4. The first-order chi connectivity index (χ1) is 17.6. The van der Waals surface area contributed by atoms with Crippen LogP contribution in [0.4, 0.5) is 11.4 Å². The van der Waals surface area contributed by atoms with Crippen molar-refractivity contribution in [3.8, 4) is 11.5 Å². The number of nitrogens with two attached hydrogens (primary N) is 2. The number of ether oxygens (including phenoxy) is 2. The van der Waals surface area contributed by atoms with Crippen LogP contribution in [0.25, 0.3) is 0 Å². The number of carbonyl (C=O) groups is 2. The van der Waals surface area contributed by atoms with Gasteiger partial charge in [-0.2, -0.15) is 0 Å². The van der Waals surface area contributed by atoms with Crippen LogP contribution < -0.4 is 26.3 Å². The van der Waals surface area contributed by atoms with E-state index in [-0.39, 0.29) is 40.8 Å². The maximum Gasteiger partial charge on any atom is 0.310 e. The summed E-state index contributed by atoms with van der Waals surface area (Å²) in [4.78, 5) is 35.4. The molecule has 0 radical (unpaired) electrons. The predicted octanol–water partition coefficient (Wildman–Crippen LogP) is 4.02. The Kier molecular flexibility index (Phi) is 11.0. The number of rotatable bonds is 16. The fourth-order valence-corrected chi connectivity index (χ4v) is 3.29. The molecule has 198 valence electrons. The molecule has 37 heavy (non-hydrogen) atoms. The molecule has 0 aliphatic rings. The highest BCUT2D eigenvalue weighted by molar-refractivity contribution is 6.06. The van der Waals surface area contributed by atoms with E-state index < -0.39 is 16.7 Å². The molecule has 0 aliphatic carbocycles. The Balaban J connectivity index is 2.16. The van der Waals surface area contributed by atoms with E-state index >= 15 is 0 Å². The van der Waals surface area contributed by atoms with Gasteiger partial charge in [0.05, 0.1) is 29.7 Å². The number of primary amides is 1. The Morgan fingerprint density at radius 2 is 1.51 bits per heavy atom. The molecule has 0 saturated carbocycles. The number of nitro benzene ring substituents is 1. The van der Waals surface area contributed by atoms with Gasteiger partial charge in [-0.15, -0.1) is 0 Å². The molecule has 0 aromatic heterocycles. The van der Waals surface area contributed by atoms with Crippen molar-refractivity contribution < 1.29 is 24.0 Å². The molecule has 0 atom stereocenters. The minimum atomic E-state index is -0.650. The van der Waals surface area contributed by atoms with Crippen molar-refractivity contribution in [2.75, 3.05) is 18.5 Å². The highest BCUT2D eigenvalue weighted by atomic mass is 16.6. The number of amidine groups is 1. The normalized spacial score (nSPS) is 10.4. The third kappa shape index (κ3) is 9.59. The molecule has 0 heterocycles. The van der Waals surface area contributed by atoms with Gasteiger partial charge >= 0.3 is 5.69 Å². The summed E-state index contributed by atoms with van der Waals surface area (Å²) < 4.78 is 11.3. The summed E-state index contributed by atoms with van der Waals surface area (Å²) in [6, 6.07) is 8.18. The number of nitrogens with one attached hydrogen (secondary N) is 3. The summed E-state index contributed by atoms with van der Waals surface area (Å²) in [5, 5.41) is 28.8. The second-order valence-electron chi connectivity index (χ2n) is 8.39. The van der Waals surface area contributed by atoms with Crippen LogP contribution in [-0.4, -0.2) is 41.5 Å². The fourth-order valence-electron chi connectivity index (χ4n) is 3.29. The Labute approximate surface area is 214 Å². The number of carbonyl (C=O) groups excluding carboxylic acids is 2. The van der Waals surface area contributed by atoms with Crippen molar-refractivity contribution in [3.05, 3.63) is 57.6 Å². The van der Waals surface area contributed by atoms with Gasteiger partial charge in [-0.05, 0) is 63.3 Å². The van der Waals surface area contributed by atoms with Crippen molar-refractivity contribution in [2.45, 2.75) is 45.4 Å². The summed E-state index contributed by atoms with van der Waals surface area (Å²) in [5.74, 6) is -0.962. The molecule has 2 aromatic carbocycles. The number of hydrogen-bond donors (Lipinski definition) is 5. The number of anilines is 1. The van der Waals surface area contributed by atoms with Crippen LogP contribution >= 0.6 is 0 Å². The lowest BCUT2D eigenvalue weighted by molar-refractivity contribution is -0.385. The summed E-state index contributed by atoms with van der Waals surface area (Å²) in [7, 11) is 0. The first kappa shape index (κ1) is 28.8. The number of unbranched alkanes of at least 4 members (excludes halogenated alkanes) is 2. The van der Waals surface area contributed by atoms with Gasteiger partial charge in [0.2, 0.25) is 5.91 Å². The van der Waals surface area contributed by atoms with E-state index in [2.05, 4.69) is 5.32 Å². The molecule has 0 spiro atoms. The topological polar surface area (TPSA) is 208 Å². The molecular weight excluding hydrogens is 480 g/mol. The van der Waals surface area contributed by atoms with Crippen LogP contribution in [0.2, 0.25) is 0 Å². The number of nitro groups is 1. The zero-order valence-corrected chi connectivity index (χ0v) is 20.7. The maximum atomic E-state index is 13.0. The van der Waals surface area contributed by atoms with Gasteiger partial charge in [-0.1, -0.05) is 0 Å². The number of benzene rings is 2. The van der Waals surface area contributed by atoms with Gasteiger partial charge in [0, 0.05) is 35.4 Å². The molecule has 0 bridgehead atoms. The van der Waals surface area contributed by atoms with E-state index in [1.807, 2.05) is 0 Å². The van der Waals surface area contributed by atoms with Gasteiger partial charge in [0.15, 0.2) is 5.75 Å². The molecule has 7 N–H and O–H groups in total. The summed E-state index contributed by atoms with van der Waals surface area (Å²) in [6.07, 6.45) is 3.59. The molecule has 2 amide bonds. The fraction of sp³-hybridized carbons (Fsp3) is 0.360. The second kappa shape index (κ2) is 14.2. The van der Waals surface area contributed by atoms with Crippen molar-refractivity contribution in [3.63, 3.8) is 0 Å². The lowest BCUT2D eigenvalue weighted by atomic mass is 10.1. The average molecular weight is 513 g/mol. The Bertz CT molecular complexity index is 1170. The molecule has 12 heteroatoms. The first-order valence-electron chi connectivity index (χ1n) is 11.7. The van der Waals surface area contributed by atoms with E-state index in [9.17, 15) is 19.7 Å². The van der Waals surface area contributed by atoms with E-state index in [0.717, 1.165) is 6.42 Å². The third-order valence-electron chi connectivity index (χ3n) is 5.23. The summed E-state index contributed by atoms with van der Waals surface area (Å²) in [5.41, 5.74) is 11.6. The molecule has 12 nitrogen and oxygen atoms in total. The van der Waals surface area contributed by atoms with Crippen molar-refractivity contribution in [1.82, 2.24) is 0 Å². The Morgan fingerprint density at radius 1 is 0.919 bits per heavy atom. The number of nitrogens with zero attached hydrogens (tertiary/aromatic N) is 1. The monoisotopic (exact) mass is 512 g/mol. The predicted molar refractivity (Wildman–Crippen MR) is 140 cm³/mol. The van der Waals surface area contributed by atoms with Gasteiger partial charge in [-0.3, -0.25) is 25.1 Å². The second-order valence-corrected chi connectivity index (χ2v) is 8.39. The highest BCUT2D eigenvalue weighted by Crippen LogP contribution is 2.30. The standard InChI is InChI=1S/C25H32N6O6/c1-16(26)6-2-4-12-36-21-14-17(24(29)32)8-10-19(21)30-25(33)18-9-11-20(31(34)35)22(15-18)37-13-5-3-7-23(27)28/h8-11,14-15,26H,2-7,12-13H2,1H3,(H3,27,28)(H2,29,32)(H,30,33). The van der Waals surface area contributed by atoms with Crippen molar-refractivity contribution >= 4 is 34.7 Å². The van der Waals surface area contributed by atoms with Gasteiger partial charge in [0.25, 0.3) is 5.91 Å². The summed E-state index contributed by atoms with van der Waals surface area (Å²) >= 11 is 0. The van der Waals surface area contributed by atoms with Crippen molar-refractivity contribution in [2.24, 2.45) is 11.5 Å². The molecular formula is C25H32N6O6. The van der Waals surface area contributed by atoms with Crippen LogP contribution in [0.1, 0.15) is 66.2 Å². The largest absolute Gasteiger partial charge is 0.491 e. The number of amides is 2. The Morgan fingerprint density at radius 3 is 2.11 bits per heavy atom. The quantitative estimate of drug-likeness (QED) is 0.0732. The molecule has 2 aromatic rings. The van der Waals surface area contributed by atoms with Crippen LogP contribution in [0, 0.1) is 20.9 Å². The smallest absolute Gasteiger partial charge is 0.310 e.